The highest BCUT2D eigenvalue weighted by atomic mass is 16.5. The van der Waals surface area contributed by atoms with Crippen LogP contribution in [0.2, 0.25) is 0 Å². The number of benzene rings is 2. The van der Waals surface area contributed by atoms with E-state index in [1.807, 2.05) is 55.8 Å². The van der Waals surface area contributed by atoms with Crippen molar-refractivity contribution in [2.75, 3.05) is 26.2 Å². The fourth-order valence-corrected chi connectivity index (χ4v) is 5.63. The molecule has 1 aliphatic rings. The average Bonchev–Trinajstić information content (AvgIpc) is 3.30. The Hall–Kier alpha value is -3.59. The lowest BCUT2D eigenvalue weighted by Gasteiger charge is -2.31. The summed E-state index contributed by atoms with van der Waals surface area (Å²) in [4.78, 5) is 20.0. The molecule has 1 saturated heterocycles. The molecule has 0 radical (unpaired) electrons. The van der Waals surface area contributed by atoms with Gasteiger partial charge >= 0.3 is 0 Å². The fourth-order valence-electron chi connectivity index (χ4n) is 5.63. The number of aliphatic hydroxyl groups excluding tert-OH is 1. The van der Waals surface area contributed by atoms with Crippen LogP contribution in [0.3, 0.4) is 0 Å². The monoisotopic (exact) mass is 545 g/mol. The summed E-state index contributed by atoms with van der Waals surface area (Å²) >= 11 is 0. The molecule has 1 fully saturated rings. The van der Waals surface area contributed by atoms with Crippen LogP contribution in [0.4, 0.5) is 0 Å². The number of ketones is 1. The van der Waals surface area contributed by atoms with E-state index in [4.69, 9.17) is 16.2 Å². The van der Waals surface area contributed by atoms with Crippen molar-refractivity contribution in [3.63, 3.8) is 0 Å². The first-order valence-corrected chi connectivity index (χ1v) is 13.6. The van der Waals surface area contributed by atoms with Crippen LogP contribution < -0.4 is 21.5 Å². The molecule has 2 heterocycles. The van der Waals surface area contributed by atoms with Crippen LogP contribution in [-0.4, -0.2) is 57.9 Å². The van der Waals surface area contributed by atoms with Crippen molar-refractivity contribution in [1.82, 2.24) is 19.8 Å². The van der Waals surface area contributed by atoms with Gasteiger partial charge in [-0.3, -0.25) is 20.7 Å². The number of likely N-dealkylation sites (tertiary alicyclic amines) is 1. The van der Waals surface area contributed by atoms with Gasteiger partial charge in [0.15, 0.2) is 12.1 Å². The molecule has 1 aliphatic heterocycles. The maximum Gasteiger partial charge on any atom is 0.157 e. The normalized spacial score (nSPS) is 20.4. The second-order valence-corrected chi connectivity index (χ2v) is 10.7. The number of rotatable bonds is 10. The number of aliphatic hydroxyl groups is 1. The van der Waals surface area contributed by atoms with Gasteiger partial charge in [-0.2, -0.15) is 5.26 Å². The van der Waals surface area contributed by atoms with Gasteiger partial charge in [0.2, 0.25) is 0 Å². The third-order valence-corrected chi connectivity index (χ3v) is 8.03. The molecule has 3 aromatic rings. The van der Waals surface area contributed by atoms with E-state index >= 15 is 0 Å². The second-order valence-electron chi connectivity index (χ2n) is 10.7. The van der Waals surface area contributed by atoms with Gasteiger partial charge in [-0.1, -0.05) is 25.1 Å². The van der Waals surface area contributed by atoms with Crippen molar-refractivity contribution < 1.29 is 14.6 Å². The maximum absolute atomic E-state index is 13.7. The summed E-state index contributed by atoms with van der Waals surface area (Å²) in [7, 11) is 1.89. The predicted octanol–water partition coefficient (Wildman–Crippen LogP) is 2.44. The Kier molecular flexibility index (Phi) is 9.03. The third-order valence-electron chi connectivity index (χ3n) is 8.03. The number of hydrogen-bond donors (Lipinski definition) is 4. The van der Waals surface area contributed by atoms with Crippen molar-refractivity contribution in [3.05, 3.63) is 77.4 Å². The van der Waals surface area contributed by atoms with Crippen molar-refractivity contribution >= 4 is 5.78 Å². The number of ether oxygens (including phenoxy) is 1. The van der Waals surface area contributed by atoms with Gasteiger partial charge in [-0.05, 0) is 68.1 Å². The molecule has 1 aromatic heterocycles. The van der Waals surface area contributed by atoms with Crippen LogP contribution in [0.1, 0.15) is 55.5 Å². The first-order chi connectivity index (χ1) is 19.1. The number of nitrogens with zero attached hydrogens (tertiary/aromatic N) is 4. The number of imidazole rings is 1. The Morgan fingerprint density at radius 2 is 2.12 bits per heavy atom. The Morgan fingerprint density at radius 1 is 1.32 bits per heavy atom. The van der Waals surface area contributed by atoms with Crippen LogP contribution >= 0.6 is 0 Å². The zero-order valence-corrected chi connectivity index (χ0v) is 23.4. The number of aryl methyl sites for hydroxylation is 1. The van der Waals surface area contributed by atoms with Gasteiger partial charge in [0, 0.05) is 20.1 Å². The van der Waals surface area contributed by atoms with Crippen LogP contribution in [0.25, 0.3) is 0 Å². The number of Topliss-reactive ketones (excluding diaryl/α,β-unsaturated/α-hetero) is 1. The number of hydrogen-bond acceptors (Lipinski definition) is 9. The summed E-state index contributed by atoms with van der Waals surface area (Å²) in [5.74, 6) is 1.11. The average molecular weight is 546 g/mol. The van der Waals surface area contributed by atoms with Crippen molar-refractivity contribution in [2.45, 2.75) is 50.4 Å². The lowest BCUT2D eigenvalue weighted by atomic mass is 9.71. The summed E-state index contributed by atoms with van der Waals surface area (Å²) in [6, 6.07) is 15.2. The Labute approximate surface area is 235 Å². The van der Waals surface area contributed by atoms with E-state index in [0.717, 1.165) is 36.2 Å². The number of nitrogens with one attached hydrogen (secondary N) is 1. The van der Waals surface area contributed by atoms with Crippen LogP contribution in [0, 0.1) is 11.3 Å². The van der Waals surface area contributed by atoms with Gasteiger partial charge < -0.3 is 20.1 Å². The van der Waals surface area contributed by atoms with Crippen molar-refractivity contribution in [1.29, 1.82) is 5.26 Å². The first kappa shape index (κ1) is 29.4. The standard InChI is InChI=1S/C30H39N7O3/c1-4-30(11-6-13-37(19-27(30)38)14-12-35-28(32)39)23-7-5-8-24(15-23)40-25-16-22(10-9-21(25)17-31)29(2,33)26-18-34-20-36(26)3/h5,7-10,15-16,18,20,28,35,39H,4,6,11-14,19,32-33H2,1-3H3. The number of carbonyl (C=O) groups excluding carboxylic acids is 1. The summed E-state index contributed by atoms with van der Waals surface area (Å²) < 4.78 is 8.17. The van der Waals surface area contributed by atoms with Crippen molar-refractivity contribution in [3.8, 4) is 17.6 Å². The summed E-state index contributed by atoms with van der Waals surface area (Å²) in [6.07, 6.45) is 4.61. The molecule has 4 rings (SSSR count). The molecule has 6 N–H and O–H groups in total. The van der Waals surface area contributed by atoms with Gasteiger partial charge in [0.25, 0.3) is 0 Å². The molecule has 0 bridgehead atoms. The number of carbonyl (C=O) groups is 1. The molecule has 10 nitrogen and oxygen atoms in total. The maximum atomic E-state index is 13.7. The van der Waals surface area contributed by atoms with E-state index in [0.29, 0.717) is 43.1 Å². The highest BCUT2D eigenvalue weighted by Crippen LogP contribution is 2.39. The quantitative estimate of drug-likeness (QED) is 0.281. The fraction of sp³-hybridized carbons (Fsp3) is 0.433. The van der Waals surface area contributed by atoms with E-state index < -0.39 is 17.3 Å². The summed E-state index contributed by atoms with van der Waals surface area (Å²) in [5.41, 5.74) is 13.5. The van der Waals surface area contributed by atoms with E-state index in [1.165, 1.54) is 0 Å². The Balaban J connectivity index is 1.60. The molecule has 2 aromatic carbocycles. The molecule has 3 unspecified atom stereocenters. The largest absolute Gasteiger partial charge is 0.456 e. The Bertz CT molecular complexity index is 1380. The second kappa shape index (κ2) is 12.3. The van der Waals surface area contributed by atoms with E-state index in [9.17, 15) is 15.2 Å². The Morgan fingerprint density at radius 3 is 2.80 bits per heavy atom. The highest BCUT2D eigenvalue weighted by Gasteiger charge is 2.40. The van der Waals surface area contributed by atoms with Gasteiger partial charge in [0.1, 0.15) is 17.6 Å². The zero-order valence-electron chi connectivity index (χ0n) is 23.4. The number of aromatic nitrogens is 2. The lowest BCUT2D eigenvalue weighted by Crippen LogP contribution is -2.44. The van der Waals surface area contributed by atoms with Crippen molar-refractivity contribution in [2.24, 2.45) is 18.5 Å². The molecule has 40 heavy (non-hydrogen) atoms. The molecular formula is C30H39N7O3. The van der Waals surface area contributed by atoms with E-state index in [-0.39, 0.29) is 5.78 Å². The molecule has 212 valence electrons. The van der Waals surface area contributed by atoms with Gasteiger partial charge in [-0.15, -0.1) is 0 Å². The van der Waals surface area contributed by atoms with Crippen LogP contribution in [0.15, 0.2) is 55.0 Å². The molecular weight excluding hydrogens is 506 g/mol. The minimum Gasteiger partial charge on any atom is -0.456 e. The van der Waals surface area contributed by atoms with Crippen LogP contribution in [0.5, 0.6) is 11.5 Å². The SMILES string of the molecule is CCC1(c2cccc(Oc3cc(C(C)(N)c4cncn4C)ccc3C#N)c2)CCCN(CCNC(N)O)CC1=O. The van der Waals surface area contributed by atoms with Gasteiger partial charge in [0.05, 0.1) is 41.3 Å². The first-order valence-electron chi connectivity index (χ1n) is 13.6. The summed E-state index contributed by atoms with van der Waals surface area (Å²) in [5, 5.41) is 21.9. The zero-order chi connectivity index (χ0) is 28.9. The molecule has 0 saturated carbocycles. The molecule has 3 atom stereocenters. The van der Waals surface area contributed by atoms with Gasteiger partial charge in [-0.25, -0.2) is 4.98 Å². The van der Waals surface area contributed by atoms with Crippen LogP contribution in [-0.2, 0) is 22.8 Å². The molecule has 0 spiro atoms. The lowest BCUT2D eigenvalue weighted by molar-refractivity contribution is -0.125. The minimum absolute atomic E-state index is 0.160. The smallest absolute Gasteiger partial charge is 0.157 e. The topological polar surface area (TPSA) is 155 Å². The highest BCUT2D eigenvalue weighted by molar-refractivity contribution is 5.92. The molecule has 0 aliphatic carbocycles. The number of nitrogens with two attached hydrogens (primary N) is 2. The molecule has 0 amide bonds. The predicted molar refractivity (Wildman–Crippen MR) is 152 cm³/mol. The summed E-state index contributed by atoms with van der Waals surface area (Å²) in [6.45, 7) is 6.18. The minimum atomic E-state index is -1.07. The number of nitriles is 1. The van der Waals surface area contributed by atoms with E-state index in [2.05, 4.69) is 21.3 Å². The third kappa shape index (κ3) is 6.09. The molecule has 10 heteroatoms. The van der Waals surface area contributed by atoms with E-state index in [1.54, 1.807) is 24.7 Å².